The molecule has 0 amide bonds. The highest BCUT2D eigenvalue weighted by atomic mass is 16.5. The number of Topliss-reactive ketones (excluding diaryl/α,β-unsaturated/α-hetero) is 1. The summed E-state index contributed by atoms with van der Waals surface area (Å²) in [5, 5.41) is 22.7. The number of rotatable bonds is 12. The van der Waals surface area contributed by atoms with Crippen LogP contribution in [0.4, 0.5) is 0 Å². The molecule has 4 saturated carbocycles. The van der Waals surface area contributed by atoms with E-state index in [1.807, 2.05) is 18.2 Å². The smallest absolute Gasteiger partial charge is 0.338 e. The van der Waals surface area contributed by atoms with Crippen molar-refractivity contribution in [2.75, 3.05) is 19.7 Å². The second kappa shape index (κ2) is 14.7. The van der Waals surface area contributed by atoms with E-state index < -0.39 is 28.9 Å². The van der Waals surface area contributed by atoms with Crippen molar-refractivity contribution in [3.8, 4) is 0 Å². The number of ether oxygens (including phenoxy) is 2. The van der Waals surface area contributed by atoms with Gasteiger partial charge in [-0.3, -0.25) is 14.4 Å². The van der Waals surface area contributed by atoms with E-state index in [9.17, 15) is 29.4 Å². The zero-order valence-corrected chi connectivity index (χ0v) is 34.9. The molecule has 9 heteroatoms. The minimum absolute atomic E-state index is 0.00942. The van der Waals surface area contributed by atoms with Crippen LogP contribution in [0.25, 0.3) is 0 Å². The van der Waals surface area contributed by atoms with E-state index in [2.05, 4.69) is 53.8 Å². The molecule has 0 spiro atoms. The summed E-state index contributed by atoms with van der Waals surface area (Å²) in [4.78, 5) is 53.0. The normalized spacial score (nSPS) is 35.9. The molecule has 0 heterocycles. The van der Waals surface area contributed by atoms with Crippen molar-refractivity contribution >= 4 is 23.7 Å². The van der Waals surface area contributed by atoms with Gasteiger partial charge in [0.05, 0.1) is 24.0 Å². The van der Waals surface area contributed by atoms with Gasteiger partial charge < -0.3 is 25.0 Å². The number of ketones is 1. The van der Waals surface area contributed by atoms with Crippen LogP contribution >= 0.6 is 0 Å². The lowest BCUT2D eigenvalue weighted by atomic mass is 9.33. The number of aliphatic hydroxyl groups is 1. The summed E-state index contributed by atoms with van der Waals surface area (Å²) in [5.74, 6) is -0.664. The summed E-state index contributed by atoms with van der Waals surface area (Å²) >= 11 is 0. The molecule has 6 rings (SSSR count). The lowest BCUT2D eigenvalue weighted by Gasteiger charge is -2.72. The van der Waals surface area contributed by atoms with Crippen LogP contribution in [0.2, 0.25) is 0 Å². The molecule has 1 aromatic rings. The summed E-state index contributed by atoms with van der Waals surface area (Å²) in [6, 6.07) is 9.08. The lowest BCUT2D eigenvalue weighted by molar-refractivity contribution is -0.235. The Bertz CT molecular complexity index is 1700. The lowest BCUT2D eigenvalue weighted by Crippen LogP contribution is -2.66. The summed E-state index contributed by atoms with van der Waals surface area (Å²) in [6.07, 6.45) is 6.77. The number of carbonyl (C=O) groups is 4. The Balaban J connectivity index is 1.33. The first-order valence-electron chi connectivity index (χ1n) is 21.0. The largest absolute Gasteiger partial charge is 0.481 e. The van der Waals surface area contributed by atoms with Gasteiger partial charge in [0.15, 0.2) is 5.78 Å². The maximum absolute atomic E-state index is 14.3. The minimum atomic E-state index is -1.18. The van der Waals surface area contributed by atoms with Gasteiger partial charge in [0.25, 0.3) is 0 Å². The Kier molecular flexibility index (Phi) is 11.1. The number of hydrogen-bond donors (Lipinski definition) is 3. The van der Waals surface area contributed by atoms with Gasteiger partial charge in [-0.1, -0.05) is 66.7 Å². The van der Waals surface area contributed by atoms with Gasteiger partial charge in [-0.25, -0.2) is 4.79 Å². The monoisotopic (exact) mass is 761 g/mol. The van der Waals surface area contributed by atoms with E-state index in [1.165, 1.54) is 5.57 Å². The van der Waals surface area contributed by atoms with Crippen LogP contribution < -0.4 is 5.32 Å². The zero-order valence-electron chi connectivity index (χ0n) is 34.9. The van der Waals surface area contributed by atoms with Crippen molar-refractivity contribution < 1.29 is 38.9 Å². The Morgan fingerprint density at radius 1 is 0.909 bits per heavy atom. The molecule has 4 fully saturated rings. The van der Waals surface area contributed by atoms with Gasteiger partial charge in [-0.05, 0) is 128 Å². The predicted molar refractivity (Wildman–Crippen MR) is 211 cm³/mol. The van der Waals surface area contributed by atoms with E-state index >= 15 is 0 Å². The highest BCUT2D eigenvalue weighted by Crippen LogP contribution is 2.77. The number of carboxylic acid groups (broad SMARTS) is 1. The number of esters is 2. The molecule has 9 atom stereocenters. The first kappa shape index (κ1) is 41.6. The average Bonchev–Trinajstić information content (AvgIpc) is 3.42. The number of carbonyl (C=O) groups excluding carboxylic acids is 3. The molecule has 55 heavy (non-hydrogen) atoms. The van der Waals surface area contributed by atoms with Crippen LogP contribution in [0.15, 0.2) is 41.5 Å². The number of allylic oxidation sites excluding steroid dienone is 1. The number of fused-ring (bicyclic) bond motifs is 7. The van der Waals surface area contributed by atoms with Crippen LogP contribution in [0.5, 0.6) is 0 Å². The first-order chi connectivity index (χ1) is 25.7. The van der Waals surface area contributed by atoms with E-state index in [0.717, 1.165) is 56.9 Å². The molecule has 0 radical (unpaired) electrons. The first-order valence-corrected chi connectivity index (χ1v) is 21.0. The van der Waals surface area contributed by atoms with Gasteiger partial charge >= 0.3 is 17.9 Å². The molecule has 0 aliphatic heterocycles. The number of hydrogen-bond acceptors (Lipinski definition) is 8. The zero-order chi connectivity index (χ0) is 40.4. The third-order valence-electron chi connectivity index (χ3n) is 16.4. The van der Waals surface area contributed by atoms with Crippen LogP contribution in [-0.2, 0) is 23.9 Å². The predicted octanol–water partition coefficient (Wildman–Crippen LogP) is 8.19. The summed E-state index contributed by atoms with van der Waals surface area (Å²) in [6.45, 7) is 20.1. The third kappa shape index (κ3) is 6.71. The molecule has 0 saturated heterocycles. The van der Waals surface area contributed by atoms with Gasteiger partial charge in [0.1, 0.15) is 12.2 Å². The number of aliphatic hydroxyl groups excluding tert-OH is 1. The Labute approximate surface area is 328 Å². The van der Waals surface area contributed by atoms with Crippen LogP contribution in [-0.4, -0.2) is 65.8 Å². The number of aliphatic carboxylic acids is 1. The van der Waals surface area contributed by atoms with Crippen molar-refractivity contribution in [3.63, 3.8) is 0 Å². The second-order valence-electron chi connectivity index (χ2n) is 20.2. The summed E-state index contributed by atoms with van der Waals surface area (Å²) in [5.41, 5.74) is 0.514. The number of nitrogens with one attached hydrogen (secondary N) is 1. The topological polar surface area (TPSA) is 139 Å². The van der Waals surface area contributed by atoms with E-state index in [0.29, 0.717) is 36.9 Å². The van der Waals surface area contributed by atoms with Crippen molar-refractivity contribution in [1.82, 2.24) is 5.32 Å². The molecular weight excluding hydrogens is 695 g/mol. The average molecular weight is 762 g/mol. The molecule has 5 aliphatic rings. The molecule has 3 N–H and O–H groups in total. The van der Waals surface area contributed by atoms with Crippen LogP contribution in [0, 0.1) is 56.2 Å². The molecule has 2 unspecified atom stereocenters. The van der Waals surface area contributed by atoms with Crippen molar-refractivity contribution in [2.24, 2.45) is 56.2 Å². The Morgan fingerprint density at radius 3 is 2.24 bits per heavy atom. The standard InChI is InChI=1S/C46H67NO8/c1-28(2)37-31(49)25-46(35(27-47-23-24-48)55-39(51)29-13-11-10-12-14-29)22-21-44(8)30(38(37)46)15-16-33-43(7)19-18-34(54-36(50)26-41(3,4)40(52)53)42(5,6)32(43)17-20-45(33,44)9/h10-14,28,30,32-35,47-48H,15-27H2,1-9H3,(H,52,53)/t30-,32+,33-,34+,35?,43+,44-,45-,46?/m1/s1. The van der Waals surface area contributed by atoms with Gasteiger partial charge in [0, 0.05) is 30.3 Å². The van der Waals surface area contributed by atoms with E-state index in [1.54, 1.807) is 26.0 Å². The summed E-state index contributed by atoms with van der Waals surface area (Å²) < 4.78 is 12.7. The van der Waals surface area contributed by atoms with Crippen molar-refractivity contribution in [3.05, 3.63) is 47.0 Å². The van der Waals surface area contributed by atoms with Crippen molar-refractivity contribution in [1.29, 1.82) is 0 Å². The van der Waals surface area contributed by atoms with Gasteiger partial charge in [-0.2, -0.15) is 0 Å². The Hall–Kier alpha value is -3.04. The second-order valence-corrected chi connectivity index (χ2v) is 20.2. The number of carboxylic acids is 1. The maximum Gasteiger partial charge on any atom is 0.338 e. The van der Waals surface area contributed by atoms with Gasteiger partial charge in [0.2, 0.25) is 0 Å². The highest BCUT2D eigenvalue weighted by molar-refractivity contribution is 6.01. The van der Waals surface area contributed by atoms with E-state index in [-0.39, 0.29) is 64.4 Å². The van der Waals surface area contributed by atoms with Crippen molar-refractivity contribution in [2.45, 2.75) is 139 Å². The Morgan fingerprint density at radius 2 is 1.60 bits per heavy atom. The quantitative estimate of drug-likeness (QED) is 0.142. The fraction of sp³-hybridized carbons (Fsp3) is 0.739. The SMILES string of the molecule is CC(C)C1=C2[C@H]3CC[C@@H]4[C@@]5(C)CC[C@H](OC(=O)CC(C)(C)C(=O)O)C(C)(C)[C@@H]5CC[C@@]4(C)[C@]3(C)CCC2(C(CNCCO)OC(=O)c2ccccc2)CC1=O. The molecule has 5 aliphatic carbocycles. The third-order valence-corrected chi connectivity index (χ3v) is 16.4. The number of benzene rings is 1. The van der Waals surface area contributed by atoms with Crippen LogP contribution in [0.1, 0.15) is 137 Å². The molecular formula is C46H67NO8. The molecule has 0 aromatic heterocycles. The fourth-order valence-electron chi connectivity index (χ4n) is 13.3. The van der Waals surface area contributed by atoms with Crippen LogP contribution in [0.3, 0.4) is 0 Å². The summed E-state index contributed by atoms with van der Waals surface area (Å²) in [7, 11) is 0. The van der Waals surface area contributed by atoms with Gasteiger partial charge in [-0.15, -0.1) is 0 Å². The van der Waals surface area contributed by atoms with E-state index in [4.69, 9.17) is 9.47 Å². The molecule has 0 bridgehead atoms. The highest BCUT2D eigenvalue weighted by Gasteiger charge is 2.71. The maximum atomic E-state index is 14.3. The fourth-order valence-corrected chi connectivity index (χ4v) is 13.3. The molecule has 304 valence electrons. The molecule has 9 nitrogen and oxygen atoms in total. The minimum Gasteiger partial charge on any atom is -0.481 e. The molecule has 1 aromatic carbocycles.